The Morgan fingerprint density at radius 1 is 0.365 bits per heavy atom. The van der Waals surface area contributed by atoms with E-state index >= 15 is 0 Å². The monoisotopic (exact) mass is 723 g/mol. The first-order chi connectivity index (χ1) is 24.0. The van der Waals surface area contributed by atoms with Crippen molar-refractivity contribution in [2.45, 2.75) is 74.8 Å². The smallest absolute Gasteiger partial charge is 0.161 e. The number of aryl methyl sites for hydroxylation is 3. The van der Waals surface area contributed by atoms with E-state index in [-0.39, 0.29) is 5.54 Å². The molecule has 0 bridgehead atoms. The fourth-order valence-corrected chi connectivity index (χ4v) is 17.8. The molecule has 6 nitrogen and oxygen atoms in total. The summed E-state index contributed by atoms with van der Waals surface area (Å²) in [6, 6.07) is 7.47. The molecule has 3 aromatic carbocycles. The van der Waals surface area contributed by atoms with Gasteiger partial charge in [-0.15, -0.1) is 0 Å². The van der Waals surface area contributed by atoms with Crippen molar-refractivity contribution in [3.05, 3.63) is 73.9 Å². The average Bonchev–Trinajstić information content (AvgIpc) is 3.20. The van der Waals surface area contributed by atoms with E-state index < -0.39 is 8.07 Å². The van der Waals surface area contributed by atoms with Gasteiger partial charge in [0.2, 0.25) is 0 Å². The number of rotatable bonds is 10. The molecule has 0 fully saturated rings. The van der Waals surface area contributed by atoms with Crippen molar-refractivity contribution in [1.29, 1.82) is 0 Å². The number of hydrogen-bond acceptors (Lipinski definition) is 6. The zero-order valence-electron chi connectivity index (χ0n) is 37.0. The molecule has 0 aromatic heterocycles. The van der Waals surface area contributed by atoms with Crippen molar-refractivity contribution >= 4 is 57.8 Å². The van der Waals surface area contributed by atoms with E-state index in [2.05, 4.69) is 201 Å². The van der Waals surface area contributed by atoms with E-state index in [1.165, 1.54) is 89.8 Å². The molecule has 284 valence electrons. The molecule has 0 saturated heterocycles. The van der Waals surface area contributed by atoms with Crippen molar-refractivity contribution < 1.29 is 0 Å². The SMILES string of the molecule is CC1=C(C)C([Si](c2c(C)cc(N(C)C)c(N(C)C)c2C)(c2c(C)cc(N(C)C)c(N(C)C)c2C)c2c(C)cc(N(C)C)c(N(C)C)c2C)C(C)=C1C. The summed E-state index contributed by atoms with van der Waals surface area (Å²) in [5.74, 6) is 0. The normalized spacial score (nSPS) is 13.7. The predicted molar refractivity (Wildman–Crippen MR) is 239 cm³/mol. The van der Waals surface area contributed by atoms with E-state index in [9.17, 15) is 0 Å². The van der Waals surface area contributed by atoms with E-state index in [4.69, 9.17) is 0 Å². The molecular formula is C45H70N6Si. The van der Waals surface area contributed by atoms with Gasteiger partial charge in [0.25, 0.3) is 0 Å². The van der Waals surface area contributed by atoms with Crippen molar-refractivity contribution in [2.24, 2.45) is 0 Å². The van der Waals surface area contributed by atoms with Crippen LogP contribution in [0.3, 0.4) is 0 Å². The third-order valence-electron chi connectivity index (χ3n) is 12.2. The molecule has 0 aliphatic heterocycles. The van der Waals surface area contributed by atoms with Crippen LogP contribution in [0.2, 0.25) is 5.54 Å². The summed E-state index contributed by atoms with van der Waals surface area (Å²) in [6.07, 6.45) is 0. The lowest BCUT2D eigenvalue weighted by molar-refractivity contribution is 1.05. The summed E-state index contributed by atoms with van der Waals surface area (Å²) in [5.41, 5.74) is 22.2. The van der Waals surface area contributed by atoms with Crippen molar-refractivity contribution in [1.82, 2.24) is 0 Å². The highest BCUT2D eigenvalue weighted by molar-refractivity contribution is 7.14. The molecule has 0 atom stereocenters. The first-order valence-electron chi connectivity index (χ1n) is 18.8. The van der Waals surface area contributed by atoms with Crippen molar-refractivity contribution in [3.63, 3.8) is 0 Å². The van der Waals surface area contributed by atoms with E-state index in [0.717, 1.165) is 0 Å². The third-order valence-corrected chi connectivity index (χ3v) is 18.6. The summed E-state index contributed by atoms with van der Waals surface area (Å²) in [4.78, 5) is 13.9. The maximum atomic E-state index is 2.49. The maximum Gasteiger partial charge on any atom is 0.161 e. The highest BCUT2D eigenvalue weighted by Gasteiger charge is 2.55. The van der Waals surface area contributed by atoms with Crippen LogP contribution >= 0.6 is 0 Å². The number of benzene rings is 3. The van der Waals surface area contributed by atoms with Gasteiger partial charge in [-0.25, -0.2) is 0 Å². The van der Waals surface area contributed by atoms with Crippen LogP contribution in [0.1, 0.15) is 61.1 Å². The molecule has 0 saturated carbocycles. The minimum absolute atomic E-state index is 0.236. The lowest BCUT2D eigenvalue weighted by atomic mass is 10.0. The molecule has 0 heterocycles. The summed E-state index contributed by atoms with van der Waals surface area (Å²) < 4.78 is 0. The Bertz CT molecular complexity index is 1750. The van der Waals surface area contributed by atoms with E-state index in [1.54, 1.807) is 15.6 Å². The number of hydrogen-bond donors (Lipinski definition) is 0. The van der Waals surface area contributed by atoms with Crippen molar-refractivity contribution in [3.8, 4) is 0 Å². The van der Waals surface area contributed by atoms with Gasteiger partial charge in [0.05, 0.1) is 34.1 Å². The molecule has 0 unspecified atom stereocenters. The summed E-state index contributed by atoms with van der Waals surface area (Å²) in [7, 11) is 23.3. The second-order valence-corrected chi connectivity index (χ2v) is 20.6. The first kappa shape index (κ1) is 40.9. The van der Waals surface area contributed by atoms with Crippen LogP contribution in [0.5, 0.6) is 0 Å². The Balaban J connectivity index is 2.61. The predicted octanol–water partition coefficient (Wildman–Crippen LogP) is 7.46. The first-order valence-corrected chi connectivity index (χ1v) is 20.9. The highest BCUT2D eigenvalue weighted by atomic mass is 28.3. The molecule has 0 radical (unpaired) electrons. The Morgan fingerprint density at radius 2 is 0.596 bits per heavy atom. The van der Waals surface area contributed by atoms with Gasteiger partial charge in [-0.05, 0) is 148 Å². The quantitative estimate of drug-likeness (QED) is 0.159. The van der Waals surface area contributed by atoms with Crippen LogP contribution in [-0.4, -0.2) is 92.6 Å². The summed E-state index contributed by atoms with van der Waals surface area (Å²) >= 11 is 0. The van der Waals surface area contributed by atoms with Gasteiger partial charge in [-0.3, -0.25) is 0 Å². The van der Waals surface area contributed by atoms with E-state index in [1.807, 2.05) is 0 Å². The molecule has 4 rings (SSSR count). The zero-order chi connectivity index (χ0) is 39.6. The number of allylic oxidation sites excluding steroid dienone is 4. The van der Waals surface area contributed by atoms with Gasteiger partial charge in [0, 0.05) is 90.1 Å². The molecule has 1 aliphatic carbocycles. The lowest BCUT2D eigenvalue weighted by Gasteiger charge is -2.48. The maximum absolute atomic E-state index is 3.12. The molecule has 1 aliphatic rings. The van der Waals surface area contributed by atoms with Gasteiger partial charge in [-0.1, -0.05) is 11.1 Å². The fraction of sp³-hybridized carbons (Fsp3) is 0.511. The molecule has 3 aromatic rings. The van der Waals surface area contributed by atoms with E-state index in [0.29, 0.717) is 0 Å². The van der Waals surface area contributed by atoms with Crippen LogP contribution in [0.4, 0.5) is 34.1 Å². The van der Waals surface area contributed by atoms with Crippen LogP contribution in [0, 0.1) is 41.5 Å². The second kappa shape index (κ2) is 14.5. The Hall–Kier alpha value is -3.84. The van der Waals surface area contributed by atoms with Gasteiger partial charge in [0.1, 0.15) is 0 Å². The Morgan fingerprint density at radius 3 is 0.788 bits per heavy atom. The van der Waals surface area contributed by atoms with Crippen molar-refractivity contribution in [2.75, 3.05) is 114 Å². The van der Waals surface area contributed by atoms with Gasteiger partial charge in [0.15, 0.2) is 8.07 Å². The van der Waals surface area contributed by atoms with Crippen LogP contribution in [0.15, 0.2) is 40.5 Å². The fourth-order valence-electron chi connectivity index (χ4n) is 10.2. The van der Waals surface area contributed by atoms with Gasteiger partial charge >= 0.3 is 0 Å². The molecule has 0 N–H and O–H groups in total. The summed E-state index contributed by atoms with van der Waals surface area (Å²) in [6.45, 7) is 24.1. The standard InChI is InChI=1S/C45H70N6Si/c1-26-23-36(46(11)12)39(49(17)18)33(8)42(26)52(45-31(6)29(4)30(5)32(45)7,43-27(2)24-37(47(13)14)40(34(43)9)50(19)20)44-28(3)25-38(48(15)16)41(35(44)10)51(21)22/h23-25,45H,1-22H3. The molecule has 52 heavy (non-hydrogen) atoms. The highest BCUT2D eigenvalue weighted by Crippen LogP contribution is 2.50. The lowest BCUT2D eigenvalue weighted by Crippen LogP contribution is -2.74. The van der Waals surface area contributed by atoms with Gasteiger partial charge in [-0.2, -0.15) is 0 Å². The second-order valence-electron chi connectivity index (χ2n) is 16.9. The average molecular weight is 723 g/mol. The topological polar surface area (TPSA) is 19.4 Å². The van der Waals surface area contributed by atoms with Crippen LogP contribution in [-0.2, 0) is 0 Å². The van der Waals surface area contributed by atoms with Gasteiger partial charge < -0.3 is 29.4 Å². The molecular weight excluding hydrogens is 653 g/mol. The molecule has 0 amide bonds. The Kier molecular flexibility index (Phi) is 11.4. The molecule has 0 spiro atoms. The minimum atomic E-state index is -3.12. The Labute approximate surface area is 319 Å². The van der Waals surface area contributed by atoms with Crippen LogP contribution in [0.25, 0.3) is 0 Å². The van der Waals surface area contributed by atoms with Crippen LogP contribution < -0.4 is 45.0 Å². The molecule has 7 heteroatoms. The minimum Gasteiger partial charge on any atom is -0.376 e. The third kappa shape index (κ3) is 6.11. The summed E-state index contributed by atoms with van der Waals surface area (Å²) in [5, 5.41) is 4.65. The number of nitrogens with zero attached hydrogens (tertiary/aromatic N) is 6. The zero-order valence-corrected chi connectivity index (χ0v) is 38.0. The number of anilines is 6. The largest absolute Gasteiger partial charge is 0.376 e.